The van der Waals surface area contributed by atoms with Gasteiger partial charge in [0.2, 0.25) is 5.91 Å². The van der Waals surface area contributed by atoms with E-state index in [2.05, 4.69) is 31.4 Å². The summed E-state index contributed by atoms with van der Waals surface area (Å²) in [5, 5.41) is 6.18. The largest absolute Gasteiger partial charge is 0.355 e. The Morgan fingerprint density at radius 1 is 1.18 bits per heavy atom. The molecule has 17 heavy (non-hydrogen) atoms. The van der Waals surface area contributed by atoms with Crippen LogP contribution in [0, 0.1) is 11.3 Å². The molecule has 100 valence electrons. The number of likely N-dealkylation sites (N-methyl/N-ethyl adjacent to an activating group) is 1. The Hall–Kier alpha value is -0.570. The summed E-state index contributed by atoms with van der Waals surface area (Å²) in [5.41, 5.74) is 0.435. The van der Waals surface area contributed by atoms with Gasteiger partial charge in [0.05, 0.1) is 6.54 Å². The molecule has 0 saturated heterocycles. The molecule has 0 aromatic rings. The van der Waals surface area contributed by atoms with E-state index < -0.39 is 0 Å². The molecule has 1 amide bonds. The molecule has 0 unspecified atom stereocenters. The molecule has 3 nitrogen and oxygen atoms in total. The summed E-state index contributed by atoms with van der Waals surface area (Å²) >= 11 is 0. The van der Waals surface area contributed by atoms with E-state index in [1.54, 1.807) is 0 Å². The first-order chi connectivity index (χ1) is 7.93. The molecule has 1 saturated carbocycles. The van der Waals surface area contributed by atoms with Crippen molar-refractivity contribution in [3.63, 3.8) is 0 Å². The zero-order chi connectivity index (χ0) is 12.9. The molecule has 0 aliphatic heterocycles. The van der Waals surface area contributed by atoms with Crippen LogP contribution >= 0.6 is 0 Å². The van der Waals surface area contributed by atoms with E-state index in [1.165, 1.54) is 25.7 Å². The predicted molar refractivity (Wildman–Crippen MR) is 71.9 cm³/mol. The molecule has 0 bridgehead atoms. The number of nitrogens with one attached hydrogen (secondary N) is 2. The summed E-state index contributed by atoms with van der Waals surface area (Å²) in [6.45, 7) is 10.1. The number of hydrogen-bond acceptors (Lipinski definition) is 2. The first kappa shape index (κ1) is 14.5. The topological polar surface area (TPSA) is 41.1 Å². The van der Waals surface area contributed by atoms with E-state index in [0.29, 0.717) is 18.0 Å². The van der Waals surface area contributed by atoms with Gasteiger partial charge in [-0.1, -0.05) is 20.8 Å². The number of amides is 1. The van der Waals surface area contributed by atoms with Gasteiger partial charge in [-0.05, 0) is 43.9 Å². The van der Waals surface area contributed by atoms with Crippen molar-refractivity contribution in [2.24, 2.45) is 11.3 Å². The highest BCUT2D eigenvalue weighted by Crippen LogP contribution is 2.37. The maximum atomic E-state index is 11.3. The van der Waals surface area contributed by atoms with Crippen molar-refractivity contribution in [2.75, 3.05) is 13.1 Å². The zero-order valence-corrected chi connectivity index (χ0v) is 11.8. The average Bonchev–Trinajstić information content (AvgIpc) is 2.26. The van der Waals surface area contributed by atoms with Gasteiger partial charge in [0.1, 0.15) is 0 Å². The third kappa shape index (κ3) is 5.07. The van der Waals surface area contributed by atoms with Crippen LogP contribution in [-0.4, -0.2) is 25.0 Å². The van der Waals surface area contributed by atoms with Gasteiger partial charge >= 0.3 is 0 Å². The van der Waals surface area contributed by atoms with Crippen molar-refractivity contribution in [1.82, 2.24) is 10.6 Å². The summed E-state index contributed by atoms with van der Waals surface area (Å²) in [4.78, 5) is 11.3. The van der Waals surface area contributed by atoms with E-state index in [1.807, 2.05) is 6.92 Å². The van der Waals surface area contributed by atoms with Crippen molar-refractivity contribution >= 4 is 5.91 Å². The van der Waals surface area contributed by atoms with E-state index in [0.717, 1.165) is 12.5 Å². The molecule has 0 heterocycles. The summed E-state index contributed by atoms with van der Waals surface area (Å²) in [5.74, 6) is 0.954. The third-order valence-electron chi connectivity index (χ3n) is 3.88. The first-order valence-corrected chi connectivity index (χ1v) is 6.93. The van der Waals surface area contributed by atoms with Crippen LogP contribution in [0.3, 0.4) is 0 Å². The van der Waals surface area contributed by atoms with Crippen molar-refractivity contribution in [3.8, 4) is 0 Å². The molecule has 0 aromatic heterocycles. The Morgan fingerprint density at radius 2 is 1.76 bits per heavy atom. The quantitative estimate of drug-likeness (QED) is 0.792. The summed E-state index contributed by atoms with van der Waals surface area (Å²) in [7, 11) is 0. The van der Waals surface area contributed by atoms with Crippen LogP contribution in [0.5, 0.6) is 0 Å². The number of hydrogen-bond donors (Lipinski definition) is 2. The highest BCUT2D eigenvalue weighted by Gasteiger charge is 2.29. The van der Waals surface area contributed by atoms with Crippen molar-refractivity contribution in [3.05, 3.63) is 0 Å². The molecule has 0 aromatic carbocycles. The van der Waals surface area contributed by atoms with Gasteiger partial charge in [0.25, 0.3) is 0 Å². The molecule has 1 aliphatic carbocycles. The van der Waals surface area contributed by atoms with Crippen LogP contribution in [0.2, 0.25) is 0 Å². The molecule has 0 spiro atoms. The Bertz CT molecular complexity index is 237. The van der Waals surface area contributed by atoms with Gasteiger partial charge in [-0.15, -0.1) is 0 Å². The Morgan fingerprint density at radius 3 is 2.24 bits per heavy atom. The van der Waals surface area contributed by atoms with Gasteiger partial charge in [0.15, 0.2) is 0 Å². The Balaban J connectivity index is 2.21. The second-order valence-electron chi connectivity index (χ2n) is 6.25. The smallest absolute Gasteiger partial charge is 0.233 e. The monoisotopic (exact) mass is 240 g/mol. The SMILES string of the molecule is CCNC(=O)CNC1CCC(C(C)(C)C)CC1. The number of carbonyl (C=O) groups is 1. The van der Waals surface area contributed by atoms with Crippen LogP contribution in [0.15, 0.2) is 0 Å². The highest BCUT2D eigenvalue weighted by molar-refractivity contribution is 5.77. The maximum Gasteiger partial charge on any atom is 0.233 e. The molecule has 1 rings (SSSR count). The van der Waals surface area contributed by atoms with Crippen LogP contribution in [-0.2, 0) is 4.79 Å². The minimum Gasteiger partial charge on any atom is -0.355 e. The highest BCUT2D eigenvalue weighted by atomic mass is 16.1. The van der Waals surface area contributed by atoms with E-state index in [9.17, 15) is 4.79 Å². The number of rotatable bonds is 4. The fourth-order valence-electron chi connectivity index (χ4n) is 2.66. The van der Waals surface area contributed by atoms with Gasteiger partial charge in [-0.25, -0.2) is 0 Å². The molecule has 1 fully saturated rings. The summed E-state index contributed by atoms with van der Waals surface area (Å²) in [6, 6.07) is 0.538. The first-order valence-electron chi connectivity index (χ1n) is 6.93. The molecular weight excluding hydrogens is 212 g/mol. The average molecular weight is 240 g/mol. The second kappa shape index (κ2) is 6.39. The van der Waals surface area contributed by atoms with Gasteiger partial charge in [0, 0.05) is 12.6 Å². The van der Waals surface area contributed by atoms with Gasteiger partial charge in [-0.2, -0.15) is 0 Å². The van der Waals surface area contributed by atoms with E-state index in [4.69, 9.17) is 0 Å². The summed E-state index contributed by atoms with van der Waals surface area (Å²) in [6.07, 6.45) is 5.00. The Kier molecular flexibility index (Phi) is 5.44. The van der Waals surface area contributed by atoms with Crippen molar-refractivity contribution in [1.29, 1.82) is 0 Å². The lowest BCUT2D eigenvalue weighted by atomic mass is 9.71. The fraction of sp³-hybridized carbons (Fsp3) is 0.929. The van der Waals surface area contributed by atoms with Crippen LogP contribution < -0.4 is 10.6 Å². The van der Waals surface area contributed by atoms with Gasteiger partial charge < -0.3 is 10.6 Å². The lowest BCUT2D eigenvalue weighted by molar-refractivity contribution is -0.120. The molecule has 1 aliphatic rings. The molecule has 3 heteroatoms. The second-order valence-corrected chi connectivity index (χ2v) is 6.25. The van der Waals surface area contributed by atoms with Gasteiger partial charge in [-0.3, -0.25) is 4.79 Å². The minimum absolute atomic E-state index is 0.116. The lowest BCUT2D eigenvalue weighted by Crippen LogP contribution is -2.41. The van der Waals surface area contributed by atoms with Crippen molar-refractivity contribution < 1.29 is 4.79 Å². The van der Waals surface area contributed by atoms with Crippen molar-refractivity contribution in [2.45, 2.75) is 59.4 Å². The molecule has 0 atom stereocenters. The summed E-state index contributed by atoms with van der Waals surface area (Å²) < 4.78 is 0. The van der Waals surface area contributed by atoms with Crippen LogP contribution in [0.4, 0.5) is 0 Å². The fourth-order valence-corrected chi connectivity index (χ4v) is 2.66. The maximum absolute atomic E-state index is 11.3. The van der Waals surface area contributed by atoms with E-state index in [-0.39, 0.29) is 5.91 Å². The molecule has 0 radical (unpaired) electrons. The molecular formula is C14H28N2O. The van der Waals surface area contributed by atoms with Crippen LogP contribution in [0.1, 0.15) is 53.4 Å². The number of carbonyl (C=O) groups excluding carboxylic acids is 1. The van der Waals surface area contributed by atoms with E-state index >= 15 is 0 Å². The zero-order valence-electron chi connectivity index (χ0n) is 11.8. The molecule has 2 N–H and O–H groups in total. The third-order valence-corrected chi connectivity index (χ3v) is 3.88. The Labute approximate surface area is 106 Å². The minimum atomic E-state index is 0.116. The lowest BCUT2D eigenvalue weighted by Gasteiger charge is -2.37. The predicted octanol–water partition coefficient (Wildman–Crippen LogP) is 2.32. The standard InChI is InChI=1S/C14H28N2O/c1-5-15-13(17)10-16-12-8-6-11(7-9-12)14(2,3)4/h11-12,16H,5-10H2,1-4H3,(H,15,17). The normalized spacial score (nSPS) is 25.6. The van der Waals surface area contributed by atoms with Crippen LogP contribution in [0.25, 0.3) is 0 Å².